The Labute approximate surface area is 201 Å². The Kier molecular flexibility index (Phi) is 7.77. The molecule has 2 aliphatic heterocycles. The first-order valence-corrected chi connectivity index (χ1v) is 11.4. The molecular formula is C24H25ClFN3O5. The molecule has 4 rings (SSSR count). The summed E-state index contributed by atoms with van der Waals surface area (Å²) in [6.45, 7) is 2.02. The third-order valence-electron chi connectivity index (χ3n) is 5.72. The third-order valence-corrected chi connectivity index (χ3v) is 5.97. The molecule has 2 fully saturated rings. The van der Waals surface area contributed by atoms with E-state index < -0.39 is 18.0 Å². The lowest BCUT2D eigenvalue weighted by Gasteiger charge is -2.25. The van der Waals surface area contributed by atoms with Crippen molar-refractivity contribution >= 4 is 35.1 Å². The molecule has 2 amide bonds. The molecule has 2 heterocycles. The van der Waals surface area contributed by atoms with E-state index in [1.54, 1.807) is 36.4 Å². The lowest BCUT2D eigenvalue weighted by atomic mass is 10.1. The highest BCUT2D eigenvalue weighted by Gasteiger charge is 2.33. The average Bonchev–Trinajstić information content (AvgIpc) is 3.22. The number of nitrogens with zero attached hydrogens (tertiary/aromatic N) is 1. The van der Waals surface area contributed by atoms with Crippen molar-refractivity contribution in [3.05, 3.63) is 64.4 Å². The van der Waals surface area contributed by atoms with Crippen molar-refractivity contribution in [2.24, 2.45) is 0 Å². The van der Waals surface area contributed by atoms with Gasteiger partial charge in [0.1, 0.15) is 11.9 Å². The fraction of sp³-hybridized carbons (Fsp3) is 0.375. The molecule has 0 bridgehead atoms. The number of morpholine rings is 1. The zero-order chi connectivity index (χ0) is 24.1. The number of nitrogens with one attached hydrogen (secondary N) is 2. The summed E-state index contributed by atoms with van der Waals surface area (Å²) in [7, 11) is 0. The maximum absolute atomic E-state index is 14.7. The predicted octanol–water partition coefficient (Wildman–Crippen LogP) is 3.24. The summed E-state index contributed by atoms with van der Waals surface area (Å²) in [5.74, 6) is -0.945. The Morgan fingerprint density at radius 1 is 1.18 bits per heavy atom. The molecule has 2 N–H and O–H groups in total. The van der Waals surface area contributed by atoms with E-state index in [1.165, 1.54) is 11.0 Å². The van der Waals surface area contributed by atoms with Gasteiger partial charge < -0.3 is 20.1 Å². The van der Waals surface area contributed by atoms with Crippen molar-refractivity contribution in [3.8, 4) is 0 Å². The van der Waals surface area contributed by atoms with Gasteiger partial charge in [0.15, 0.2) is 5.78 Å². The molecule has 8 nitrogen and oxygen atoms in total. The van der Waals surface area contributed by atoms with Gasteiger partial charge in [0.25, 0.3) is 0 Å². The molecule has 0 spiro atoms. The number of hydrogen-bond acceptors (Lipinski definition) is 6. The molecule has 2 unspecified atom stereocenters. The van der Waals surface area contributed by atoms with Crippen LogP contribution in [0, 0.1) is 5.82 Å². The van der Waals surface area contributed by atoms with Crippen LogP contribution < -0.4 is 15.5 Å². The molecule has 0 aliphatic carbocycles. The van der Waals surface area contributed by atoms with E-state index >= 15 is 0 Å². The molecule has 0 aromatic heterocycles. The minimum absolute atomic E-state index is 0.0105. The van der Waals surface area contributed by atoms with Crippen LogP contribution in [-0.2, 0) is 14.3 Å². The standard InChI is InChI=1S/C24H25ClFN3O5/c25-16-3-1-15(2-4-16)21(30)7-8-23(31)28-12-18-14-29(24(32)34-18)17-5-6-19(20(26)11-17)22-13-27-9-10-33-22/h1-6,11,18,22,27H,7-10,12-14H2,(H,28,31). The van der Waals surface area contributed by atoms with E-state index in [1.807, 2.05) is 0 Å². The van der Waals surface area contributed by atoms with Gasteiger partial charge in [-0.15, -0.1) is 0 Å². The van der Waals surface area contributed by atoms with E-state index in [2.05, 4.69) is 10.6 Å². The highest BCUT2D eigenvalue weighted by Crippen LogP contribution is 2.28. The number of ketones is 1. The molecule has 34 heavy (non-hydrogen) atoms. The molecule has 2 aromatic carbocycles. The van der Waals surface area contributed by atoms with Crippen molar-refractivity contribution in [1.82, 2.24) is 10.6 Å². The normalized spacial score (nSPS) is 20.2. The van der Waals surface area contributed by atoms with Crippen LogP contribution in [0.5, 0.6) is 0 Å². The Bertz CT molecular complexity index is 1060. The Balaban J connectivity index is 1.25. The second-order valence-corrected chi connectivity index (χ2v) is 8.56. The second kappa shape index (κ2) is 10.9. The maximum Gasteiger partial charge on any atom is 0.414 e. The lowest BCUT2D eigenvalue weighted by Crippen LogP contribution is -2.35. The number of carbonyl (C=O) groups is 3. The summed E-state index contributed by atoms with van der Waals surface area (Å²) in [6, 6.07) is 11.0. The van der Waals surface area contributed by atoms with Gasteiger partial charge in [-0.2, -0.15) is 0 Å². The summed E-state index contributed by atoms with van der Waals surface area (Å²) in [5, 5.41) is 6.37. The van der Waals surface area contributed by atoms with E-state index in [-0.39, 0.29) is 43.7 Å². The van der Waals surface area contributed by atoms with Crippen molar-refractivity contribution in [3.63, 3.8) is 0 Å². The summed E-state index contributed by atoms with van der Waals surface area (Å²) in [4.78, 5) is 38.0. The Morgan fingerprint density at radius 2 is 1.97 bits per heavy atom. The van der Waals surface area contributed by atoms with Crippen LogP contribution in [0.4, 0.5) is 14.9 Å². The molecular weight excluding hydrogens is 465 g/mol. The average molecular weight is 490 g/mol. The molecule has 0 saturated carbocycles. The first kappa shape index (κ1) is 24.1. The van der Waals surface area contributed by atoms with Crippen LogP contribution in [0.25, 0.3) is 0 Å². The highest BCUT2D eigenvalue weighted by atomic mass is 35.5. The molecule has 2 aromatic rings. The van der Waals surface area contributed by atoms with Gasteiger partial charge in [0.05, 0.1) is 31.5 Å². The minimum Gasteiger partial charge on any atom is -0.442 e. The minimum atomic E-state index is -0.611. The lowest BCUT2D eigenvalue weighted by molar-refractivity contribution is -0.121. The summed E-state index contributed by atoms with van der Waals surface area (Å²) in [5.41, 5.74) is 1.29. The van der Waals surface area contributed by atoms with Gasteiger partial charge in [-0.05, 0) is 36.4 Å². The molecule has 2 atom stereocenters. The SMILES string of the molecule is O=C(CCC(=O)c1ccc(Cl)cc1)NCC1CN(c2ccc(C3CNCCO3)c(F)c2)C(=O)O1. The largest absolute Gasteiger partial charge is 0.442 e. The van der Waals surface area contributed by atoms with Crippen LogP contribution in [0.2, 0.25) is 5.02 Å². The van der Waals surface area contributed by atoms with Gasteiger partial charge in [-0.1, -0.05) is 17.7 Å². The van der Waals surface area contributed by atoms with E-state index in [4.69, 9.17) is 21.1 Å². The van der Waals surface area contributed by atoms with Crippen molar-refractivity contribution in [1.29, 1.82) is 0 Å². The van der Waals surface area contributed by atoms with Crippen LogP contribution in [0.15, 0.2) is 42.5 Å². The molecule has 2 saturated heterocycles. The predicted molar refractivity (Wildman–Crippen MR) is 124 cm³/mol. The van der Waals surface area contributed by atoms with Crippen molar-refractivity contribution in [2.45, 2.75) is 25.0 Å². The highest BCUT2D eigenvalue weighted by molar-refractivity contribution is 6.30. The zero-order valence-electron chi connectivity index (χ0n) is 18.4. The zero-order valence-corrected chi connectivity index (χ0v) is 19.1. The molecule has 0 radical (unpaired) electrons. The first-order chi connectivity index (χ1) is 16.4. The fourth-order valence-corrected chi connectivity index (χ4v) is 4.00. The number of halogens is 2. The van der Waals surface area contributed by atoms with Gasteiger partial charge in [-0.25, -0.2) is 9.18 Å². The number of cyclic esters (lactones) is 1. The molecule has 2 aliphatic rings. The fourth-order valence-electron chi connectivity index (χ4n) is 3.87. The topological polar surface area (TPSA) is 97.0 Å². The second-order valence-electron chi connectivity index (χ2n) is 8.12. The number of rotatable bonds is 8. The number of hydrogen-bond donors (Lipinski definition) is 2. The summed E-state index contributed by atoms with van der Waals surface area (Å²) >= 11 is 5.81. The van der Waals surface area contributed by atoms with E-state index in [9.17, 15) is 18.8 Å². The van der Waals surface area contributed by atoms with Gasteiger partial charge in [0.2, 0.25) is 5.91 Å². The molecule has 10 heteroatoms. The van der Waals surface area contributed by atoms with Crippen molar-refractivity contribution in [2.75, 3.05) is 37.7 Å². The van der Waals surface area contributed by atoms with Crippen LogP contribution in [0.3, 0.4) is 0 Å². The monoisotopic (exact) mass is 489 g/mol. The van der Waals surface area contributed by atoms with Crippen LogP contribution in [-0.4, -0.2) is 56.7 Å². The number of ether oxygens (including phenoxy) is 2. The first-order valence-electron chi connectivity index (χ1n) is 11.1. The quantitative estimate of drug-likeness (QED) is 0.552. The number of benzene rings is 2. The van der Waals surface area contributed by atoms with Crippen molar-refractivity contribution < 1.29 is 28.2 Å². The van der Waals surface area contributed by atoms with E-state index in [0.29, 0.717) is 35.0 Å². The number of amides is 2. The third kappa shape index (κ3) is 5.91. The van der Waals surface area contributed by atoms with Gasteiger partial charge in [-0.3, -0.25) is 14.5 Å². The van der Waals surface area contributed by atoms with E-state index in [0.717, 1.165) is 6.54 Å². The van der Waals surface area contributed by atoms with Crippen LogP contribution in [0.1, 0.15) is 34.9 Å². The summed E-state index contributed by atoms with van der Waals surface area (Å²) in [6.07, 6.45) is -1.51. The van der Waals surface area contributed by atoms with Gasteiger partial charge >= 0.3 is 6.09 Å². The molecule has 180 valence electrons. The number of anilines is 1. The maximum atomic E-state index is 14.7. The summed E-state index contributed by atoms with van der Waals surface area (Å²) < 4.78 is 25.6. The smallest absolute Gasteiger partial charge is 0.414 e. The van der Waals surface area contributed by atoms with Gasteiger partial charge in [0, 0.05) is 42.1 Å². The Hall–Kier alpha value is -3.01. The number of carbonyl (C=O) groups excluding carboxylic acids is 3. The number of Topliss-reactive ketones (excluding diaryl/α,β-unsaturated/α-hetero) is 1. The van der Waals surface area contributed by atoms with Crippen LogP contribution >= 0.6 is 11.6 Å². The Morgan fingerprint density at radius 3 is 2.68 bits per heavy atom.